The average Bonchev–Trinajstić information content (AvgIpc) is 3.28. The summed E-state index contributed by atoms with van der Waals surface area (Å²) in [5.41, 5.74) is 5.26. The Kier molecular flexibility index (Phi) is 6.21. The molecule has 5 rings (SSSR count). The van der Waals surface area contributed by atoms with Gasteiger partial charge in [-0.25, -0.2) is 9.20 Å². The van der Waals surface area contributed by atoms with E-state index in [1.165, 1.54) is 10.7 Å². The first-order chi connectivity index (χ1) is 17.4. The van der Waals surface area contributed by atoms with Crippen LogP contribution in [0, 0.1) is 0 Å². The van der Waals surface area contributed by atoms with Crippen molar-refractivity contribution in [1.29, 1.82) is 0 Å². The second-order valence-electron chi connectivity index (χ2n) is 9.08. The van der Waals surface area contributed by atoms with Gasteiger partial charge < -0.3 is 4.90 Å². The summed E-state index contributed by atoms with van der Waals surface area (Å²) in [4.78, 5) is 27.4. The van der Waals surface area contributed by atoms with E-state index in [1.54, 1.807) is 34.8 Å². The molecule has 7 heteroatoms. The molecule has 3 aromatic heterocycles. The zero-order chi connectivity index (χ0) is 25.2. The number of fused-ring (bicyclic) bond motifs is 1. The van der Waals surface area contributed by atoms with Gasteiger partial charge in [-0.05, 0) is 37.6 Å². The van der Waals surface area contributed by atoms with E-state index in [2.05, 4.69) is 5.10 Å². The van der Waals surface area contributed by atoms with Crippen LogP contribution in [-0.2, 0) is 6.54 Å². The normalized spacial score (nSPS) is 11.2. The van der Waals surface area contributed by atoms with Crippen molar-refractivity contribution < 1.29 is 4.79 Å². The van der Waals surface area contributed by atoms with E-state index in [0.717, 1.165) is 27.9 Å². The fourth-order valence-electron chi connectivity index (χ4n) is 4.31. The fraction of sp³-hybridized carbons (Fsp3) is 0.172. The average molecular weight is 478 g/mol. The van der Waals surface area contributed by atoms with Crippen molar-refractivity contribution in [2.24, 2.45) is 0 Å². The maximum Gasteiger partial charge on any atom is 0.267 e. The van der Waals surface area contributed by atoms with Gasteiger partial charge in [-0.3, -0.25) is 9.59 Å². The van der Waals surface area contributed by atoms with Crippen LogP contribution in [0.3, 0.4) is 0 Å². The van der Waals surface area contributed by atoms with Gasteiger partial charge in [0.15, 0.2) is 0 Å². The molecule has 0 bridgehead atoms. The van der Waals surface area contributed by atoms with E-state index in [0.29, 0.717) is 17.8 Å². The van der Waals surface area contributed by atoms with Gasteiger partial charge in [0.1, 0.15) is 5.69 Å². The van der Waals surface area contributed by atoms with E-state index < -0.39 is 0 Å². The lowest BCUT2D eigenvalue weighted by Crippen LogP contribution is -2.26. The van der Waals surface area contributed by atoms with Crippen molar-refractivity contribution in [3.63, 3.8) is 0 Å². The maximum absolute atomic E-state index is 13.3. The molecular weight excluding hydrogens is 450 g/mol. The van der Waals surface area contributed by atoms with Crippen molar-refractivity contribution in [1.82, 2.24) is 24.3 Å². The molecular formula is C29H27N5O2. The predicted molar refractivity (Wildman–Crippen MR) is 141 cm³/mol. The smallest absolute Gasteiger partial charge is 0.267 e. The minimum absolute atomic E-state index is 0.0881. The summed E-state index contributed by atoms with van der Waals surface area (Å²) in [7, 11) is 1.80. The summed E-state index contributed by atoms with van der Waals surface area (Å²) in [6, 6.07) is 26.5. The third-order valence-corrected chi connectivity index (χ3v) is 6.11. The molecule has 0 radical (unpaired) electrons. The number of rotatable bonds is 6. The van der Waals surface area contributed by atoms with Crippen molar-refractivity contribution >= 4 is 11.4 Å². The highest BCUT2D eigenvalue weighted by atomic mass is 16.2. The zero-order valence-corrected chi connectivity index (χ0v) is 20.5. The van der Waals surface area contributed by atoms with Crippen LogP contribution in [0.5, 0.6) is 0 Å². The second kappa shape index (κ2) is 9.62. The monoisotopic (exact) mass is 477 g/mol. The van der Waals surface area contributed by atoms with Gasteiger partial charge in [0.2, 0.25) is 0 Å². The van der Waals surface area contributed by atoms with Crippen LogP contribution in [0.25, 0.3) is 28.0 Å². The topological polar surface area (TPSA) is 72.5 Å². The van der Waals surface area contributed by atoms with Gasteiger partial charge >= 0.3 is 0 Å². The Morgan fingerprint density at radius 3 is 2.31 bits per heavy atom. The lowest BCUT2D eigenvalue weighted by atomic mass is 10.0. The Balaban J connectivity index is 1.64. The van der Waals surface area contributed by atoms with Crippen molar-refractivity contribution in [2.45, 2.75) is 26.4 Å². The van der Waals surface area contributed by atoms with Crippen LogP contribution in [0.15, 0.2) is 95.9 Å². The summed E-state index contributed by atoms with van der Waals surface area (Å²) < 4.78 is 3.23. The van der Waals surface area contributed by atoms with E-state index >= 15 is 0 Å². The molecule has 0 saturated heterocycles. The van der Waals surface area contributed by atoms with Crippen LogP contribution in [-0.4, -0.2) is 37.2 Å². The SMILES string of the molecule is CC(C)n1nc(-c2c(-c3ccccc3)nn3ccc(C(=O)N(C)Cc4ccccc4)cc23)ccc1=O. The Labute approximate surface area is 209 Å². The molecule has 0 N–H and O–H groups in total. The van der Waals surface area contributed by atoms with E-state index in [-0.39, 0.29) is 17.5 Å². The molecule has 180 valence electrons. The van der Waals surface area contributed by atoms with Crippen LogP contribution in [0.4, 0.5) is 0 Å². The first-order valence-electron chi connectivity index (χ1n) is 11.9. The highest BCUT2D eigenvalue weighted by Gasteiger charge is 2.21. The number of hydrogen-bond donors (Lipinski definition) is 0. The number of carbonyl (C=O) groups is 1. The molecule has 0 saturated carbocycles. The number of carbonyl (C=O) groups excluding carboxylic acids is 1. The summed E-state index contributed by atoms with van der Waals surface area (Å²) in [6.07, 6.45) is 1.80. The van der Waals surface area contributed by atoms with Gasteiger partial charge in [0.05, 0.1) is 22.8 Å². The summed E-state index contributed by atoms with van der Waals surface area (Å²) in [5.74, 6) is -0.0881. The van der Waals surface area contributed by atoms with Gasteiger partial charge in [0, 0.05) is 37.0 Å². The van der Waals surface area contributed by atoms with E-state index in [1.807, 2.05) is 80.6 Å². The molecule has 3 heterocycles. The molecule has 0 fully saturated rings. The molecule has 5 aromatic rings. The number of amides is 1. The van der Waals surface area contributed by atoms with Crippen molar-refractivity contribution in [3.8, 4) is 22.5 Å². The molecule has 1 amide bonds. The molecule has 0 spiro atoms. The van der Waals surface area contributed by atoms with Gasteiger partial charge in [-0.15, -0.1) is 0 Å². The fourth-order valence-corrected chi connectivity index (χ4v) is 4.31. The number of hydrogen-bond acceptors (Lipinski definition) is 4. The highest BCUT2D eigenvalue weighted by molar-refractivity contribution is 5.98. The van der Waals surface area contributed by atoms with E-state index in [9.17, 15) is 9.59 Å². The highest BCUT2D eigenvalue weighted by Crippen LogP contribution is 2.34. The van der Waals surface area contributed by atoms with Crippen molar-refractivity contribution in [3.05, 3.63) is 113 Å². The van der Waals surface area contributed by atoms with Crippen LogP contribution >= 0.6 is 0 Å². The minimum atomic E-state index is -0.162. The second-order valence-corrected chi connectivity index (χ2v) is 9.08. The van der Waals surface area contributed by atoms with Crippen LogP contribution in [0.2, 0.25) is 0 Å². The molecule has 0 aliphatic heterocycles. The molecule has 36 heavy (non-hydrogen) atoms. The van der Waals surface area contributed by atoms with Gasteiger partial charge in [-0.1, -0.05) is 60.7 Å². The molecule has 0 unspecified atom stereocenters. The van der Waals surface area contributed by atoms with Gasteiger partial charge in [0.25, 0.3) is 11.5 Å². The largest absolute Gasteiger partial charge is 0.337 e. The predicted octanol–water partition coefficient (Wildman–Crippen LogP) is 5.08. The van der Waals surface area contributed by atoms with Crippen LogP contribution in [0.1, 0.15) is 35.8 Å². The molecule has 2 aromatic carbocycles. The molecule has 7 nitrogen and oxygen atoms in total. The lowest BCUT2D eigenvalue weighted by molar-refractivity contribution is 0.0785. The Morgan fingerprint density at radius 1 is 0.917 bits per heavy atom. The molecule has 0 aliphatic rings. The standard InChI is InChI=1S/C29H27N5O2/c1-20(2)34-26(35)15-14-24(30-34)27-25-18-23(29(36)32(3)19-21-10-6-4-7-11-21)16-17-33(25)31-28(27)22-12-8-5-9-13-22/h4-18,20H,19H2,1-3H3. The van der Waals surface area contributed by atoms with Crippen molar-refractivity contribution in [2.75, 3.05) is 7.05 Å². The number of nitrogens with zero attached hydrogens (tertiary/aromatic N) is 5. The van der Waals surface area contributed by atoms with Gasteiger partial charge in [-0.2, -0.15) is 10.2 Å². The first-order valence-corrected chi connectivity index (χ1v) is 11.9. The first kappa shape index (κ1) is 23.2. The number of pyridine rings is 1. The minimum Gasteiger partial charge on any atom is -0.337 e. The lowest BCUT2D eigenvalue weighted by Gasteiger charge is -2.17. The summed E-state index contributed by atoms with van der Waals surface area (Å²) in [5, 5.41) is 9.51. The van der Waals surface area contributed by atoms with E-state index in [4.69, 9.17) is 5.10 Å². The molecule has 0 atom stereocenters. The molecule has 0 aliphatic carbocycles. The summed E-state index contributed by atoms with van der Waals surface area (Å²) >= 11 is 0. The zero-order valence-electron chi connectivity index (χ0n) is 20.5. The number of aromatic nitrogens is 4. The number of benzene rings is 2. The quantitative estimate of drug-likeness (QED) is 0.342. The Bertz CT molecular complexity index is 1590. The maximum atomic E-state index is 13.3. The Hall–Kier alpha value is -4.52. The van der Waals surface area contributed by atoms with Crippen LogP contribution < -0.4 is 5.56 Å². The third kappa shape index (κ3) is 4.43. The summed E-state index contributed by atoms with van der Waals surface area (Å²) in [6.45, 7) is 4.35. The third-order valence-electron chi connectivity index (χ3n) is 6.11. The Morgan fingerprint density at radius 2 is 1.61 bits per heavy atom.